The highest BCUT2D eigenvalue weighted by atomic mass is 19.2. The average Bonchev–Trinajstić information content (AvgIpc) is 3.74. The van der Waals surface area contributed by atoms with E-state index < -0.39 is 89.6 Å². The number of carbonyl (C=O) groups is 4. The van der Waals surface area contributed by atoms with E-state index in [-0.39, 0.29) is 76.9 Å². The molecule has 2 heterocycles. The first kappa shape index (κ1) is 55.7. The van der Waals surface area contributed by atoms with Gasteiger partial charge >= 0.3 is 11.9 Å². The Morgan fingerprint density at radius 1 is 0.831 bits per heavy atom. The second kappa shape index (κ2) is 30.6. The summed E-state index contributed by atoms with van der Waals surface area (Å²) < 4.78 is 103. The molecule has 2 saturated heterocycles. The van der Waals surface area contributed by atoms with E-state index in [1.54, 1.807) is 13.8 Å². The van der Waals surface area contributed by atoms with E-state index in [1.165, 1.54) is 6.92 Å². The van der Waals surface area contributed by atoms with Crippen molar-refractivity contribution in [1.82, 2.24) is 26.6 Å². The number of amides is 2. The van der Waals surface area contributed by atoms with Crippen LogP contribution in [0.5, 0.6) is 5.75 Å². The SMILES string of the molecule is CC(=O)NC[C@H]1[C@H](OCCCC2CN(CCOCCOCCOCCNC(=O)CCOCCOCCC(=O)Oc3c(C)c(F)c(F)c(F)c3F)NN2)O[C@H](CO)[C@H](O)[C@@H]1OC(=O)C(C)C. The molecule has 2 fully saturated rings. The van der Waals surface area contributed by atoms with Gasteiger partial charge in [-0.2, -0.15) is 9.93 Å². The van der Waals surface area contributed by atoms with Crippen LogP contribution in [-0.4, -0.2) is 175 Å². The molecule has 0 bridgehead atoms. The van der Waals surface area contributed by atoms with Crippen molar-refractivity contribution >= 4 is 23.8 Å². The summed E-state index contributed by atoms with van der Waals surface area (Å²) in [6.07, 6.45) is -3.22. The smallest absolute Gasteiger partial charge is 0.313 e. The molecular weight excluding hydrogens is 878 g/mol. The molecule has 2 aliphatic rings. The van der Waals surface area contributed by atoms with Gasteiger partial charge in [0.25, 0.3) is 0 Å². The Morgan fingerprint density at radius 3 is 2.09 bits per heavy atom. The van der Waals surface area contributed by atoms with Crippen LogP contribution in [-0.2, 0) is 57.1 Å². The Morgan fingerprint density at radius 2 is 1.45 bits per heavy atom. The number of hydrogen-bond acceptors (Lipinski definition) is 18. The number of esters is 2. The summed E-state index contributed by atoms with van der Waals surface area (Å²) in [5.41, 5.74) is 5.67. The van der Waals surface area contributed by atoms with Gasteiger partial charge in [0.15, 0.2) is 23.7 Å². The molecule has 2 aliphatic heterocycles. The molecule has 0 radical (unpaired) electrons. The predicted molar refractivity (Wildman–Crippen MR) is 218 cm³/mol. The summed E-state index contributed by atoms with van der Waals surface area (Å²) >= 11 is 0. The highest BCUT2D eigenvalue weighted by molar-refractivity contribution is 5.76. The van der Waals surface area contributed by atoms with Crippen LogP contribution in [0.15, 0.2) is 0 Å². The quantitative estimate of drug-likeness (QED) is 0.0142. The third-order valence-electron chi connectivity index (χ3n) is 9.91. The van der Waals surface area contributed by atoms with Gasteiger partial charge in [0.1, 0.15) is 18.3 Å². The van der Waals surface area contributed by atoms with Gasteiger partial charge in [0.05, 0.1) is 90.9 Å². The second-order valence-electron chi connectivity index (χ2n) is 15.4. The Kier molecular flexibility index (Phi) is 26.2. The lowest BCUT2D eigenvalue weighted by atomic mass is 9.90. The molecule has 372 valence electrons. The predicted octanol–water partition coefficient (Wildman–Crippen LogP) is 0.325. The van der Waals surface area contributed by atoms with Crippen molar-refractivity contribution in [3.05, 3.63) is 28.8 Å². The average molecular weight is 944 g/mol. The van der Waals surface area contributed by atoms with Crippen LogP contribution >= 0.6 is 0 Å². The largest absolute Gasteiger partial charge is 0.459 e. The van der Waals surface area contributed by atoms with Gasteiger partial charge in [-0.25, -0.2) is 23.6 Å². The summed E-state index contributed by atoms with van der Waals surface area (Å²) in [5, 5.41) is 28.0. The molecule has 1 aromatic rings. The number of nitrogens with zero attached hydrogens (tertiary/aromatic N) is 1. The van der Waals surface area contributed by atoms with Crippen LogP contribution in [0.25, 0.3) is 0 Å². The number of benzene rings is 1. The number of hydrazine groups is 2. The summed E-state index contributed by atoms with van der Waals surface area (Å²) in [6.45, 7) is 9.41. The number of aliphatic hydroxyl groups excluding tert-OH is 2. The maximum Gasteiger partial charge on any atom is 0.313 e. The zero-order valence-electron chi connectivity index (χ0n) is 37.3. The minimum atomic E-state index is -2.08. The maximum atomic E-state index is 13.8. The van der Waals surface area contributed by atoms with Gasteiger partial charge in [-0.05, 0) is 19.8 Å². The molecule has 6 N–H and O–H groups in total. The van der Waals surface area contributed by atoms with Crippen molar-refractivity contribution in [2.45, 2.75) is 84.0 Å². The molecule has 24 heteroatoms. The fourth-order valence-corrected chi connectivity index (χ4v) is 6.29. The molecule has 1 unspecified atom stereocenters. The molecule has 0 aromatic heterocycles. The highest BCUT2D eigenvalue weighted by Crippen LogP contribution is 2.31. The van der Waals surface area contributed by atoms with Crippen molar-refractivity contribution in [2.75, 3.05) is 105 Å². The Bertz CT molecular complexity index is 1590. The monoisotopic (exact) mass is 943 g/mol. The lowest BCUT2D eigenvalue weighted by Gasteiger charge is -2.43. The van der Waals surface area contributed by atoms with Gasteiger partial charge in [-0.3, -0.25) is 19.2 Å². The molecule has 20 nitrogen and oxygen atoms in total. The first-order valence-corrected chi connectivity index (χ1v) is 21.6. The van der Waals surface area contributed by atoms with E-state index in [0.29, 0.717) is 59.1 Å². The standard InChI is InChI=1S/C41H65F4N5O15/c1-25(2)40(56)65-39-29(22-47-27(4)52)41(63-30(24-51)37(39)55)62-11-5-6-28-23-50(49-48-28)10-15-60-19-21-61-20-18-59-14-9-46-31(53)7-12-57-16-17-58-13-8-32(54)64-38-26(3)33(42)34(43)35(44)36(38)45/h25,28-30,37,39,41,48-49,51,55H,5-24H2,1-4H3,(H,46,53)(H,47,52)/t28?,29-,30-,37+,39-,41-/m1/s1. The van der Waals surface area contributed by atoms with Crippen LogP contribution in [0.3, 0.4) is 0 Å². The molecule has 2 amide bonds. The molecule has 0 saturated carbocycles. The number of hydrogen-bond donors (Lipinski definition) is 6. The van der Waals surface area contributed by atoms with Crippen LogP contribution in [0, 0.1) is 42.0 Å². The zero-order chi connectivity index (χ0) is 47.7. The molecule has 6 atom stereocenters. The Labute approximate surface area is 375 Å². The van der Waals surface area contributed by atoms with E-state index in [2.05, 4.69) is 26.3 Å². The molecule has 65 heavy (non-hydrogen) atoms. The lowest BCUT2D eigenvalue weighted by molar-refractivity contribution is -0.288. The number of aliphatic hydroxyl groups is 2. The van der Waals surface area contributed by atoms with Crippen LogP contribution in [0.1, 0.15) is 52.0 Å². The number of carbonyl (C=O) groups excluding carboxylic acids is 4. The minimum absolute atomic E-state index is 0.0358. The number of nitrogens with one attached hydrogen (secondary N) is 4. The van der Waals surface area contributed by atoms with Crippen LogP contribution in [0.2, 0.25) is 0 Å². The van der Waals surface area contributed by atoms with Gasteiger partial charge < -0.3 is 63.5 Å². The van der Waals surface area contributed by atoms with Crippen molar-refractivity contribution in [1.29, 1.82) is 0 Å². The maximum absolute atomic E-state index is 13.8. The highest BCUT2D eigenvalue weighted by Gasteiger charge is 2.48. The fraction of sp³-hybridized carbons (Fsp3) is 0.756. The summed E-state index contributed by atoms with van der Waals surface area (Å²) in [4.78, 5) is 47.9. The Hall–Kier alpha value is -3.66. The van der Waals surface area contributed by atoms with Gasteiger partial charge in [0.2, 0.25) is 23.4 Å². The molecular formula is C41H65F4N5O15. The zero-order valence-corrected chi connectivity index (χ0v) is 37.3. The summed E-state index contributed by atoms with van der Waals surface area (Å²) in [7, 11) is 0. The van der Waals surface area contributed by atoms with Crippen LogP contribution < -0.4 is 26.3 Å². The van der Waals surface area contributed by atoms with Crippen LogP contribution in [0.4, 0.5) is 17.6 Å². The van der Waals surface area contributed by atoms with Crippen molar-refractivity contribution in [3.63, 3.8) is 0 Å². The summed E-state index contributed by atoms with van der Waals surface area (Å²) in [6, 6.07) is 0.126. The van der Waals surface area contributed by atoms with E-state index in [4.69, 9.17) is 37.9 Å². The number of ether oxygens (including phenoxy) is 9. The topological polar surface area (TPSA) is 243 Å². The van der Waals surface area contributed by atoms with Crippen molar-refractivity contribution < 1.29 is 89.6 Å². The van der Waals surface area contributed by atoms with Crippen molar-refractivity contribution in [3.8, 4) is 5.75 Å². The first-order valence-electron chi connectivity index (χ1n) is 21.6. The lowest BCUT2D eigenvalue weighted by Crippen LogP contribution is -2.60. The molecule has 1 aromatic carbocycles. The molecule has 3 rings (SSSR count). The van der Waals surface area contributed by atoms with E-state index in [9.17, 15) is 47.0 Å². The van der Waals surface area contributed by atoms with E-state index in [0.717, 1.165) is 13.3 Å². The Balaban J connectivity index is 1.11. The minimum Gasteiger partial charge on any atom is -0.459 e. The van der Waals surface area contributed by atoms with E-state index in [1.807, 2.05) is 5.01 Å². The number of halogens is 4. The van der Waals surface area contributed by atoms with Gasteiger partial charge in [-0.1, -0.05) is 13.8 Å². The fourth-order valence-electron chi connectivity index (χ4n) is 6.29. The normalized spacial score (nSPS) is 21.2. The van der Waals surface area contributed by atoms with Gasteiger partial charge in [-0.15, -0.1) is 0 Å². The molecule has 0 aliphatic carbocycles. The first-order chi connectivity index (χ1) is 31.1. The van der Waals surface area contributed by atoms with E-state index >= 15 is 0 Å². The molecule has 0 spiro atoms. The van der Waals surface area contributed by atoms with Gasteiger partial charge in [0, 0.05) is 57.7 Å². The third-order valence-corrected chi connectivity index (χ3v) is 9.91. The third kappa shape index (κ3) is 20.0. The summed E-state index contributed by atoms with van der Waals surface area (Å²) in [5.74, 6) is -11.8. The number of rotatable bonds is 32. The second-order valence-corrected chi connectivity index (χ2v) is 15.4. The van der Waals surface area contributed by atoms with Crippen molar-refractivity contribution in [2.24, 2.45) is 11.8 Å².